The van der Waals surface area contributed by atoms with E-state index >= 15 is 0 Å². The Morgan fingerprint density at radius 2 is 1.70 bits per heavy atom. The Balaban J connectivity index is 0.000000396. The minimum atomic E-state index is -0.256. The summed E-state index contributed by atoms with van der Waals surface area (Å²) in [5.74, 6) is 1.16. The lowest BCUT2D eigenvalue weighted by Crippen LogP contribution is -2.15. The fourth-order valence-electron chi connectivity index (χ4n) is 2.25. The lowest BCUT2D eigenvalue weighted by atomic mass is 9.84. The Labute approximate surface area is 124 Å². The van der Waals surface area contributed by atoms with Crippen molar-refractivity contribution in [3.05, 3.63) is 12.2 Å². The summed E-state index contributed by atoms with van der Waals surface area (Å²) in [4.78, 5) is 21.5. The van der Waals surface area contributed by atoms with Crippen molar-refractivity contribution >= 4 is 11.7 Å². The Bertz CT molecular complexity index is 301. The Morgan fingerprint density at radius 1 is 1.15 bits per heavy atom. The zero-order chi connectivity index (χ0) is 15.5. The van der Waals surface area contributed by atoms with E-state index in [-0.39, 0.29) is 11.8 Å². The molecular formula is C17H31NO2. The SMILES string of the molecule is C=C(C)CCC(N)=O.CC(C)C(=O)CC1CCCCC1. The Morgan fingerprint density at radius 3 is 2.05 bits per heavy atom. The standard InChI is InChI=1S/C11H20O.C6H11NO/c1-9(2)11(12)8-10-6-4-3-5-7-10;1-5(2)3-4-6(7)8/h9-10H,3-8H2,1-2H3;1,3-4H2,2H3,(H2,7,8). The first-order valence-corrected chi connectivity index (χ1v) is 7.78. The lowest BCUT2D eigenvalue weighted by molar-refractivity contribution is -0.123. The zero-order valence-corrected chi connectivity index (χ0v) is 13.4. The van der Waals surface area contributed by atoms with E-state index in [4.69, 9.17) is 5.73 Å². The molecule has 116 valence electrons. The molecule has 20 heavy (non-hydrogen) atoms. The first-order valence-electron chi connectivity index (χ1n) is 7.78. The minimum absolute atomic E-state index is 0.243. The largest absolute Gasteiger partial charge is 0.370 e. The van der Waals surface area contributed by atoms with Gasteiger partial charge in [0.25, 0.3) is 0 Å². The highest BCUT2D eigenvalue weighted by atomic mass is 16.1. The van der Waals surface area contributed by atoms with Crippen LogP contribution >= 0.6 is 0 Å². The average molecular weight is 281 g/mol. The fraction of sp³-hybridized carbons (Fsp3) is 0.765. The number of hydrogen-bond donors (Lipinski definition) is 1. The molecule has 0 atom stereocenters. The molecule has 0 unspecified atom stereocenters. The van der Waals surface area contributed by atoms with Crippen LogP contribution in [0, 0.1) is 11.8 Å². The lowest BCUT2D eigenvalue weighted by Gasteiger charge is -2.21. The van der Waals surface area contributed by atoms with E-state index in [1.807, 2.05) is 20.8 Å². The van der Waals surface area contributed by atoms with Crippen molar-refractivity contribution in [2.45, 2.75) is 72.1 Å². The minimum Gasteiger partial charge on any atom is -0.370 e. The maximum atomic E-state index is 11.4. The molecule has 0 radical (unpaired) electrons. The number of carbonyl (C=O) groups excluding carboxylic acids is 2. The van der Waals surface area contributed by atoms with Crippen LogP contribution in [0.1, 0.15) is 72.1 Å². The van der Waals surface area contributed by atoms with Crippen molar-refractivity contribution in [1.29, 1.82) is 0 Å². The highest BCUT2D eigenvalue weighted by Crippen LogP contribution is 2.27. The maximum absolute atomic E-state index is 11.4. The molecule has 0 aromatic carbocycles. The number of primary amides is 1. The van der Waals surface area contributed by atoms with E-state index in [0.717, 1.165) is 18.4 Å². The smallest absolute Gasteiger partial charge is 0.217 e. The van der Waals surface area contributed by atoms with Gasteiger partial charge in [0.15, 0.2) is 0 Å². The summed E-state index contributed by atoms with van der Waals surface area (Å²) < 4.78 is 0. The normalized spacial score (nSPS) is 15.4. The van der Waals surface area contributed by atoms with Crippen LogP contribution < -0.4 is 5.73 Å². The molecule has 0 aliphatic heterocycles. The predicted octanol–water partition coefficient (Wildman–Crippen LogP) is 4.01. The Hall–Kier alpha value is -1.12. The first kappa shape index (κ1) is 18.9. The van der Waals surface area contributed by atoms with Crippen LogP contribution in [-0.2, 0) is 9.59 Å². The summed E-state index contributed by atoms with van der Waals surface area (Å²) in [6, 6.07) is 0. The predicted molar refractivity (Wildman–Crippen MR) is 84.3 cm³/mol. The van der Waals surface area contributed by atoms with E-state index in [9.17, 15) is 9.59 Å². The molecule has 1 saturated carbocycles. The van der Waals surface area contributed by atoms with E-state index < -0.39 is 0 Å². The zero-order valence-electron chi connectivity index (χ0n) is 13.4. The van der Waals surface area contributed by atoms with Crippen LogP contribution in [0.25, 0.3) is 0 Å². The molecule has 3 nitrogen and oxygen atoms in total. The maximum Gasteiger partial charge on any atom is 0.217 e. The van der Waals surface area contributed by atoms with E-state index in [0.29, 0.717) is 18.1 Å². The monoisotopic (exact) mass is 281 g/mol. The summed E-state index contributed by atoms with van der Waals surface area (Å²) in [6.07, 6.45) is 8.64. The van der Waals surface area contributed by atoms with Crippen LogP contribution in [0.4, 0.5) is 0 Å². The van der Waals surface area contributed by atoms with Gasteiger partial charge in [-0.25, -0.2) is 0 Å². The molecule has 1 amide bonds. The van der Waals surface area contributed by atoms with E-state index in [1.165, 1.54) is 32.1 Å². The summed E-state index contributed by atoms with van der Waals surface area (Å²) in [7, 11) is 0. The van der Waals surface area contributed by atoms with Crippen molar-refractivity contribution in [3.8, 4) is 0 Å². The molecule has 3 heteroatoms. The van der Waals surface area contributed by atoms with Crippen molar-refractivity contribution < 1.29 is 9.59 Å². The fourth-order valence-corrected chi connectivity index (χ4v) is 2.25. The average Bonchev–Trinajstić information content (AvgIpc) is 2.38. The summed E-state index contributed by atoms with van der Waals surface area (Å²) in [6.45, 7) is 9.51. The second-order valence-corrected chi connectivity index (χ2v) is 6.25. The van der Waals surface area contributed by atoms with Gasteiger partial charge in [0.05, 0.1) is 0 Å². The quantitative estimate of drug-likeness (QED) is 0.748. The molecular weight excluding hydrogens is 250 g/mol. The van der Waals surface area contributed by atoms with Crippen LogP contribution in [0.15, 0.2) is 12.2 Å². The third-order valence-electron chi connectivity index (χ3n) is 3.66. The van der Waals surface area contributed by atoms with E-state index in [2.05, 4.69) is 6.58 Å². The molecule has 0 aromatic rings. The van der Waals surface area contributed by atoms with E-state index in [1.54, 1.807) is 0 Å². The van der Waals surface area contributed by atoms with Crippen LogP contribution in [0.2, 0.25) is 0 Å². The number of rotatable bonds is 6. The molecule has 1 aliphatic carbocycles. The number of Topliss-reactive ketones (excluding diaryl/α,β-unsaturated/α-hetero) is 1. The van der Waals surface area contributed by atoms with Gasteiger partial charge in [0, 0.05) is 18.8 Å². The summed E-state index contributed by atoms with van der Waals surface area (Å²) in [5.41, 5.74) is 5.86. The third-order valence-corrected chi connectivity index (χ3v) is 3.66. The highest BCUT2D eigenvalue weighted by molar-refractivity contribution is 5.80. The van der Waals surface area contributed by atoms with Crippen molar-refractivity contribution in [2.75, 3.05) is 0 Å². The van der Waals surface area contributed by atoms with Gasteiger partial charge >= 0.3 is 0 Å². The molecule has 2 N–H and O–H groups in total. The number of carbonyl (C=O) groups is 2. The molecule has 0 aromatic heterocycles. The highest BCUT2D eigenvalue weighted by Gasteiger charge is 2.18. The van der Waals surface area contributed by atoms with Gasteiger partial charge in [0.1, 0.15) is 5.78 Å². The van der Waals surface area contributed by atoms with Gasteiger partial charge in [-0.3, -0.25) is 9.59 Å². The van der Waals surface area contributed by atoms with Crippen molar-refractivity contribution in [2.24, 2.45) is 17.6 Å². The molecule has 1 rings (SSSR count). The number of nitrogens with two attached hydrogens (primary N) is 1. The topological polar surface area (TPSA) is 60.2 Å². The molecule has 1 aliphatic rings. The van der Waals surface area contributed by atoms with Gasteiger partial charge in [0.2, 0.25) is 5.91 Å². The molecule has 0 saturated heterocycles. The molecule has 0 heterocycles. The van der Waals surface area contributed by atoms with Crippen molar-refractivity contribution in [3.63, 3.8) is 0 Å². The molecule has 0 bridgehead atoms. The van der Waals surface area contributed by atoms with Gasteiger partial charge in [-0.1, -0.05) is 51.5 Å². The second-order valence-electron chi connectivity index (χ2n) is 6.25. The number of allylic oxidation sites excluding steroid dienone is 1. The number of ketones is 1. The van der Waals surface area contributed by atoms with Gasteiger partial charge < -0.3 is 5.73 Å². The van der Waals surface area contributed by atoms with Crippen LogP contribution in [0.5, 0.6) is 0 Å². The first-order chi connectivity index (χ1) is 9.32. The van der Waals surface area contributed by atoms with Crippen molar-refractivity contribution in [1.82, 2.24) is 0 Å². The number of hydrogen-bond acceptors (Lipinski definition) is 2. The molecule has 1 fully saturated rings. The molecule has 0 spiro atoms. The van der Waals surface area contributed by atoms with Crippen LogP contribution in [0.3, 0.4) is 0 Å². The van der Waals surface area contributed by atoms with Gasteiger partial charge in [-0.2, -0.15) is 0 Å². The summed E-state index contributed by atoms with van der Waals surface area (Å²) in [5, 5.41) is 0. The van der Waals surface area contributed by atoms with Crippen LogP contribution in [-0.4, -0.2) is 11.7 Å². The van der Waals surface area contributed by atoms with Gasteiger partial charge in [-0.15, -0.1) is 6.58 Å². The van der Waals surface area contributed by atoms with Gasteiger partial charge in [-0.05, 0) is 19.3 Å². The Kier molecular flexibility index (Phi) is 10.0. The summed E-state index contributed by atoms with van der Waals surface area (Å²) >= 11 is 0. The third kappa shape index (κ3) is 10.8. The second kappa shape index (κ2) is 10.6. The number of amides is 1.